The predicted octanol–water partition coefficient (Wildman–Crippen LogP) is 3.39. The third kappa shape index (κ3) is 3.10. The summed E-state index contributed by atoms with van der Waals surface area (Å²) in [5, 5.41) is 9.74. The highest BCUT2D eigenvalue weighted by atomic mass is 35.5. The van der Waals surface area contributed by atoms with E-state index in [2.05, 4.69) is 10.2 Å². The van der Waals surface area contributed by atoms with Gasteiger partial charge in [0.25, 0.3) is 0 Å². The van der Waals surface area contributed by atoms with Crippen molar-refractivity contribution in [1.29, 1.82) is 0 Å². The van der Waals surface area contributed by atoms with Crippen LogP contribution < -0.4 is 5.73 Å². The maximum Gasteiger partial charge on any atom is 0.128 e. The second kappa shape index (κ2) is 5.69. The van der Waals surface area contributed by atoms with Gasteiger partial charge in [-0.25, -0.2) is 0 Å². The summed E-state index contributed by atoms with van der Waals surface area (Å²) >= 11 is 13.3. The van der Waals surface area contributed by atoms with Crippen LogP contribution in [0.3, 0.4) is 0 Å². The van der Waals surface area contributed by atoms with E-state index < -0.39 is 0 Å². The van der Waals surface area contributed by atoms with Crippen LogP contribution in [0, 0.1) is 0 Å². The van der Waals surface area contributed by atoms with E-state index in [1.165, 1.54) is 11.8 Å². The van der Waals surface area contributed by atoms with Gasteiger partial charge in [-0.15, -0.1) is 5.10 Å². The minimum atomic E-state index is 0.430. The molecule has 0 fully saturated rings. The second-order valence-corrected chi connectivity index (χ2v) is 5.12. The van der Waals surface area contributed by atoms with Gasteiger partial charge in [0.15, 0.2) is 0 Å². The lowest BCUT2D eigenvalue weighted by molar-refractivity contribution is 0.866. The van der Waals surface area contributed by atoms with Crippen molar-refractivity contribution < 1.29 is 0 Å². The fraction of sp³-hybridized carbons (Fsp3) is 0.0909. The number of aromatic nitrogens is 2. The van der Waals surface area contributed by atoms with Crippen LogP contribution in [-0.4, -0.2) is 10.2 Å². The Bertz CT molecular complexity index is 534. The summed E-state index contributed by atoms with van der Waals surface area (Å²) in [6.45, 7) is 0.430. The molecule has 88 valence electrons. The molecule has 2 N–H and O–H groups in total. The molecule has 0 aliphatic carbocycles. The van der Waals surface area contributed by atoms with Crippen molar-refractivity contribution in [1.82, 2.24) is 10.2 Å². The fourth-order valence-corrected chi connectivity index (χ4v) is 2.51. The van der Waals surface area contributed by atoms with Gasteiger partial charge >= 0.3 is 0 Å². The molecule has 0 aliphatic rings. The van der Waals surface area contributed by atoms with E-state index in [1.807, 2.05) is 12.1 Å². The summed E-state index contributed by atoms with van der Waals surface area (Å²) in [7, 11) is 0. The van der Waals surface area contributed by atoms with Crippen LogP contribution in [0.1, 0.15) is 5.56 Å². The van der Waals surface area contributed by atoms with Gasteiger partial charge in [0.05, 0.1) is 10.0 Å². The molecule has 1 aromatic heterocycles. The zero-order chi connectivity index (χ0) is 12.3. The van der Waals surface area contributed by atoms with Crippen molar-refractivity contribution in [3.05, 3.63) is 46.1 Å². The molecule has 0 bridgehead atoms. The van der Waals surface area contributed by atoms with Crippen LogP contribution in [0.5, 0.6) is 0 Å². The highest BCUT2D eigenvalue weighted by Crippen LogP contribution is 2.32. The first kappa shape index (κ1) is 12.6. The van der Waals surface area contributed by atoms with E-state index in [0.717, 1.165) is 15.5 Å². The normalized spacial score (nSPS) is 10.5. The molecule has 3 nitrogen and oxygen atoms in total. The number of rotatable bonds is 3. The lowest BCUT2D eigenvalue weighted by Crippen LogP contribution is -2.00. The van der Waals surface area contributed by atoms with Crippen LogP contribution in [0.2, 0.25) is 10.0 Å². The topological polar surface area (TPSA) is 51.8 Å². The largest absolute Gasteiger partial charge is 0.326 e. The number of nitrogens with zero attached hydrogens (tertiary/aromatic N) is 2. The maximum atomic E-state index is 5.95. The number of nitrogens with two attached hydrogens (primary N) is 1. The Kier molecular flexibility index (Phi) is 4.23. The fourth-order valence-electron chi connectivity index (χ4n) is 1.24. The molecular formula is C11H9Cl2N3S. The highest BCUT2D eigenvalue weighted by Gasteiger charge is 2.06. The summed E-state index contributed by atoms with van der Waals surface area (Å²) < 4.78 is 0. The van der Waals surface area contributed by atoms with E-state index in [0.29, 0.717) is 16.6 Å². The van der Waals surface area contributed by atoms with Crippen LogP contribution >= 0.6 is 35.0 Å². The van der Waals surface area contributed by atoms with Crippen LogP contribution in [-0.2, 0) is 6.54 Å². The third-order valence-electron chi connectivity index (χ3n) is 2.09. The van der Waals surface area contributed by atoms with Crippen molar-refractivity contribution in [3.63, 3.8) is 0 Å². The SMILES string of the molecule is NCc1ccnnc1Sc1ccc(Cl)c(Cl)c1. The molecule has 0 unspecified atom stereocenters. The van der Waals surface area contributed by atoms with Gasteiger partial charge in [-0.2, -0.15) is 5.10 Å². The molecule has 0 aliphatic heterocycles. The van der Waals surface area contributed by atoms with Crippen molar-refractivity contribution in [2.24, 2.45) is 5.73 Å². The number of benzene rings is 1. The van der Waals surface area contributed by atoms with Gasteiger partial charge in [0.2, 0.25) is 0 Å². The minimum absolute atomic E-state index is 0.430. The lowest BCUT2D eigenvalue weighted by atomic mass is 10.3. The van der Waals surface area contributed by atoms with E-state index in [9.17, 15) is 0 Å². The highest BCUT2D eigenvalue weighted by molar-refractivity contribution is 7.99. The van der Waals surface area contributed by atoms with E-state index in [1.54, 1.807) is 18.3 Å². The minimum Gasteiger partial charge on any atom is -0.326 e. The smallest absolute Gasteiger partial charge is 0.128 e. The van der Waals surface area contributed by atoms with Crippen molar-refractivity contribution in [3.8, 4) is 0 Å². The number of hydrogen-bond acceptors (Lipinski definition) is 4. The van der Waals surface area contributed by atoms with E-state index >= 15 is 0 Å². The average Bonchev–Trinajstić information content (AvgIpc) is 2.34. The molecule has 2 rings (SSSR count). The first-order valence-electron chi connectivity index (χ1n) is 4.84. The first-order valence-corrected chi connectivity index (χ1v) is 6.41. The molecule has 0 atom stereocenters. The van der Waals surface area contributed by atoms with Gasteiger partial charge < -0.3 is 5.73 Å². The average molecular weight is 286 g/mol. The monoisotopic (exact) mass is 285 g/mol. The summed E-state index contributed by atoms with van der Waals surface area (Å²) in [5.74, 6) is 0. The van der Waals surface area contributed by atoms with E-state index in [-0.39, 0.29) is 0 Å². The lowest BCUT2D eigenvalue weighted by Gasteiger charge is -2.05. The van der Waals surface area contributed by atoms with Gasteiger partial charge in [0.1, 0.15) is 5.03 Å². The molecule has 0 amide bonds. The predicted molar refractivity (Wildman–Crippen MR) is 70.5 cm³/mol. The Morgan fingerprint density at radius 2 is 2.00 bits per heavy atom. The van der Waals surface area contributed by atoms with Gasteiger partial charge in [-0.05, 0) is 24.3 Å². The molecular weight excluding hydrogens is 277 g/mol. The molecule has 1 heterocycles. The Hall–Kier alpha value is -0.810. The number of hydrogen-bond donors (Lipinski definition) is 1. The number of halogens is 2. The standard InChI is InChI=1S/C11H9Cl2N3S/c12-9-2-1-8(5-10(9)13)17-11-7(6-14)3-4-15-16-11/h1-5H,6,14H2. The molecule has 0 saturated carbocycles. The molecule has 0 spiro atoms. The summed E-state index contributed by atoms with van der Waals surface area (Å²) in [6, 6.07) is 7.29. The third-order valence-corrected chi connectivity index (χ3v) is 3.86. The summed E-state index contributed by atoms with van der Waals surface area (Å²) in [5.41, 5.74) is 6.58. The van der Waals surface area contributed by atoms with Crippen molar-refractivity contribution >= 4 is 35.0 Å². The van der Waals surface area contributed by atoms with Gasteiger partial charge in [-0.3, -0.25) is 0 Å². The van der Waals surface area contributed by atoms with Gasteiger partial charge in [-0.1, -0.05) is 35.0 Å². The van der Waals surface area contributed by atoms with E-state index in [4.69, 9.17) is 28.9 Å². The zero-order valence-corrected chi connectivity index (χ0v) is 11.1. The van der Waals surface area contributed by atoms with Crippen molar-refractivity contribution in [2.75, 3.05) is 0 Å². The molecule has 0 saturated heterocycles. The Labute approximate surface area is 113 Å². The Morgan fingerprint density at radius 1 is 1.18 bits per heavy atom. The van der Waals surface area contributed by atoms with Gasteiger partial charge in [0, 0.05) is 23.2 Å². The maximum absolute atomic E-state index is 5.95. The summed E-state index contributed by atoms with van der Waals surface area (Å²) in [4.78, 5) is 0.953. The molecule has 2 aromatic rings. The molecule has 17 heavy (non-hydrogen) atoms. The van der Waals surface area contributed by atoms with Crippen LogP contribution in [0.4, 0.5) is 0 Å². The Balaban J connectivity index is 2.28. The molecule has 0 radical (unpaired) electrons. The quantitative estimate of drug-likeness (QED) is 0.939. The summed E-state index contributed by atoms with van der Waals surface area (Å²) in [6.07, 6.45) is 1.63. The Morgan fingerprint density at radius 3 is 2.71 bits per heavy atom. The second-order valence-electron chi connectivity index (χ2n) is 3.24. The molecule has 6 heteroatoms. The first-order chi connectivity index (χ1) is 8.20. The van der Waals surface area contributed by atoms with Crippen LogP contribution in [0.25, 0.3) is 0 Å². The zero-order valence-electron chi connectivity index (χ0n) is 8.73. The van der Waals surface area contributed by atoms with Crippen molar-refractivity contribution in [2.45, 2.75) is 16.5 Å². The molecule has 1 aromatic carbocycles. The van der Waals surface area contributed by atoms with Crippen LogP contribution in [0.15, 0.2) is 40.4 Å².